The van der Waals surface area contributed by atoms with E-state index >= 15 is 0 Å². The zero-order valence-electron chi connectivity index (χ0n) is 16.3. The van der Waals surface area contributed by atoms with Gasteiger partial charge in [0, 0.05) is 22.1 Å². The van der Waals surface area contributed by atoms with Gasteiger partial charge in [0.15, 0.2) is 0 Å². The van der Waals surface area contributed by atoms with E-state index in [9.17, 15) is 0 Å². The zero-order chi connectivity index (χ0) is 18.5. The van der Waals surface area contributed by atoms with Gasteiger partial charge in [-0.05, 0) is 35.6 Å². The van der Waals surface area contributed by atoms with Gasteiger partial charge in [-0.3, -0.25) is 0 Å². The van der Waals surface area contributed by atoms with Gasteiger partial charge in [0.1, 0.15) is 11.5 Å². The molecular weight excluding hydrogens is 316 g/mol. The maximum absolute atomic E-state index is 6.48. The van der Waals surface area contributed by atoms with E-state index in [2.05, 4.69) is 95.3 Å². The average molecular weight is 342 g/mol. The van der Waals surface area contributed by atoms with Crippen LogP contribution >= 0.6 is 0 Å². The first-order valence-corrected chi connectivity index (χ1v) is 9.41. The minimum absolute atomic E-state index is 0.0834. The van der Waals surface area contributed by atoms with Crippen molar-refractivity contribution in [1.82, 2.24) is 0 Å². The second-order valence-corrected chi connectivity index (χ2v) is 8.14. The Labute approximate surface area is 156 Å². The fourth-order valence-electron chi connectivity index (χ4n) is 4.17. The lowest BCUT2D eigenvalue weighted by Crippen LogP contribution is -2.25. The second kappa shape index (κ2) is 6.02. The predicted octanol–water partition coefficient (Wildman–Crippen LogP) is 7.22. The molecule has 1 aliphatic rings. The third-order valence-corrected chi connectivity index (χ3v) is 5.63. The molecule has 1 heteroatoms. The summed E-state index contributed by atoms with van der Waals surface area (Å²) in [7, 11) is 0. The molecule has 26 heavy (non-hydrogen) atoms. The summed E-state index contributed by atoms with van der Waals surface area (Å²) < 4.78 is 6.48. The van der Waals surface area contributed by atoms with Crippen LogP contribution in [0.5, 0.6) is 11.5 Å². The monoisotopic (exact) mass is 342 g/mol. The molecule has 3 aromatic carbocycles. The Morgan fingerprint density at radius 3 is 2.42 bits per heavy atom. The van der Waals surface area contributed by atoms with Crippen molar-refractivity contribution in [1.29, 1.82) is 0 Å². The number of rotatable bonds is 2. The molecule has 0 bridgehead atoms. The summed E-state index contributed by atoms with van der Waals surface area (Å²) in [6, 6.07) is 21.7. The Bertz CT molecular complexity index is 979. The highest BCUT2D eigenvalue weighted by atomic mass is 16.5. The van der Waals surface area contributed by atoms with Crippen molar-refractivity contribution in [2.75, 3.05) is 0 Å². The van der Waals surface area contributed by atoms with Crippen LogP contribution < -0.4 is 4.74 Å². The normalized spacial score (nSPS) is 14.5. The van der Waals surface area contributed by atoms with Gasteiger partial charge in [0.25, 0.3) is 0 Å². The maximum Gasteiger partial charge on any atom is 0.139 e. The van der Waals surface area contributed by atoms with Gasteiger partial charge in [0.05, 0.1) is 0 Å². The predicted molar refractivity (Wildman–Crippen MR) is 109 cm³/mol. The fourth-order valence-corrected chi connectivity index (χ4v) is 4.17. The molecule has 0 N–H and O–H groups in total. The summed E-state index contributed by atoms with van der Waals surface area (Å²) in [6.07, 6.45) is 0. The molecular formula is C25H26O. The highest BCUT2D eigenvalue weighted by Crippen LogP contribution is 2.52. The van der Waals surface area contributed by atoms with Gasteiger partial charge in [-0.1, -0.05) is 82.3 Å². The van der Waals surface area contributed by atoms with E-state index in [0.29, 0.717) is 5.92 Å². The summed E-state index contributed by atoms with van der Waals surface area (Å²) in [4.78, 5) is 0. The van der Waals surface area contributed by atoms with E-state index in [1.165, 1.54) is 33.4 Å². The SMILES string of the molecule is Cc1ccc(-c2cccc(C(C)C)c2)c2c1C(C)(C)c1ccccc1O2. The van der Waals surface area contributed by atoms with Crippen LogP contribution in [0.1, 0.15) is 55.9 Å². The second-order valence-electron chi connectivity index (χ2n) is 8.14. The molecule has 0 saturated carbocycles. The Kier molecular flexibility index (Phi) is 3.91. The smallest absolute Gasteiger partial charge is 0.139 e. The molecule has 0 unspecified atom stereocenters. The Balaban J connectivity index is 1.96. The van der Waals surface area contributed by atoms with Crippen LogP contribution in [0.25, 0.3) is 11.1 Å². The van der Waals surface area contributed by atoms with E-state index in [4.69, 9.17) is 4.74 Å². The standard InChI is InChI=1S/C25H26O/c1-16(2)18-9-8-10-19(15-18)20-14-13-17(3)23-24(20)26-22-12-7-6-11-21(22)25(23,4)5/h6-16H,1-5H3. The van der Waals surface area contributed by atoms with Crippen molar-refractivity contribution < 1.29 is 4.74 Å². The van der Waals surface area contributed by atoms with Crippen LogP contribution in [-0.2, 0) is 5.41 Å². The summed E-state index contributed by atoms with van der Waals surface area (Å²) >= 11 is 0. The third kappa shape index (κ3) is 2.54. The van der Waals surface area contributed by atoms with E-state index < -0.39 is 0 Å². The van der Waals surface area contributed by atoms with Crippen LogP contribution in [0.15, 0.2) is 60.7 Å². The van der Waals surface area contributed by atoms with Crippen molar-refractivity contribution in [2.45, 2.75) is 46.0 Å². The highest BCUT2D eigenvalue weighted by Gasteiger charge is 2.36. The van der Waals surface area contributed by atoms with Gasteiger partial charge in [-0.15, -0.1) is 0 Å². The lowest BCUT2D eigenvalue weighted by Gasteiger charge is -2.36. The molecule has 1 heterocycles. The van der Waals surface area contributed by atoms with Gasteiger partial charge in [0.2, 0.25) is 0 Å². The summed E-state index contributed by atoms with van der Waals surface area (Å²) in [6.45, 7) is 11.3. The summed E-state index contributed by atoms with van der Waals surface area (Å²) in [5.41, 5.74) is 7.50. The number of benzene rings is 3. The first kappa shape index (κ1) is 16.9. The molecule has 0 fully saturated rings. The number of aryl methyl sites for hydroxylation is 1. The molecule has 1 aliphatic heterocycles. The van der Waals surface area contributed by atoms with Crippen LogP contribution in [0.2, 0.25) is 0 Å². The molecule has 0 spiro atoms. The summed E-state index contributed by atoms with van der Waals surface area (Å²) in [5, 5.41) is 0. The number of fused-ring (bicyclic) bond motifs is 2. The first-order chi connectivity index (χ1) is 12.4. The van der Waals surface area contributed by atoms with E-state index in [1.807, 2.05) is 0 Å². The lowest BCUT2D eigenvalue weighted by molar-refractivity contribution is 0.418. The topological polar surface area (TPSA) is 9.23 Å². The van der Waals surface area contributed by atoms with E-state index in [-0.39, 0.29) is 5.41 Å². The quantitative estimate of drug-likeness (QED) is 0.478. The largest absolute Gasteiger partial charge is 0.456 e. The number of hydrogen-bond acceptors (Lipinski definition) is 1. The minimum Gasteiger partial charge on any atom is -0.456 e. The van der Waals surface area contributed by atoms with E-state index in [0.717, 1.165) is 11.5 Å². The Morgan fingerprint density at radius 2 is 1.65 bits per heavy atom. The van der Waals surface area contributed by atoms with E-state index in [1.54, 1.807) is 0 Å². The van der Waals surface area contributed by atoms with Gasteiger partial charge in [-0.2, -0.15) is 0 Å². The molecule has 0 saturated heterocycles. The number of para-hydroxylation sites is 1. The van der Waals surface area contributed by atoms with Crippen LogP contribution in [0.3, 0.4) is 0 Å². The fraction of sp³-hybridized carbons (Fsp3) is 0.280. The molecule has 1 nitrogen and oxygen atoms in total. The van der Waals surface area contributed by atoms with Crippen molar-refractivity contribution in [3.63, 3.8) is 0 Å². The van der Waals surface area contributed by atoms with Crippen LogP contribution in [-0.4, -0.2) is 0 Å². The molecule has 0 amide bonds. The molecule has 0 atom stereocenters. The third-order valence-electron chi connectivity index (χ3n) is 5.63. The molecule has 4 rings (SSSR count). The Morgan fingerprint density at radius 1 is 0.885 bits per heavy atom. The van der Waals surface area contributed by atoms with Crippen LogP contribution in [0, 0.1) is 6.92 Å². The van der Waals surface area contributed by atoms with Gasteiger partial charge in [-0.25, -0.2) is 0 Å². The van der Waals surface area contributed by atoms with Gasteiger partial charge >= 0.3 is 0 Å². The molecule has 3 aromatic rings. The zero-order valence-corrected chi connectivity index (χ0v) is 16.3. The highest BCUT2D eigenvalue weighted by molar-refractivity contribution is 5.77. The average Bonchev–Trinajstić information content (AvgIpc) is 2.61. The maximum atomic E-state index is 6.48. The molecule has 0 aromatic heterocycles. The summed E-state index contributed by atoms with van der Waals surface area (Å²) in [5.74, 6) is 2.49. The minimum atomic E-state index is -0.0834. The van der Waals surface area contributed by atoms with Gasteiger partial charge < -0.3 is 4.74 Å². The van der Waals surface area contributed by atoms with Crippen molar-refractivity contribution >= 4 is 0 Å². The van der Waals surface area contributed by atoms with Crippen molar-refractivity contribution in [2.24, 2.45) is 0 Å². The molecule has 0 radical (unpaired) electrons. The van der Waals surface area contributed by atoms with Crippen LogP contribution in [0.4, 0.5) is 0 Å². The van der Waals surface area contributed by atoms with Crippen molar-refractivity contribution in [3.05, 3.63) is 82.9 Å². The molecule has 0 aliphatic carbocycles. The number of ether oxygens (including phenoxy) is 1. The Hall–Kier alpha value is -2.54. The number of hydrogen-bond donors (Lipinski definition) is 0. The van der Waals surface area contributed by atoms with Crippen molar-refractivity contribution in [3.8, 4) is 22.6 Å². The lowest BCUT2D eigenvalue weighted by atomic mass is 9.73. The molecule has 132 valence electrons. The first-order valence-electron chi connectivity index (χ1n) is 9.41.